The number of ether oxygens (including phenoxy) is 2. The molecule has 0 aliphatic rings. The molecule has 0 bridgehead atoms. The molecule has 162 valence electrons. The van der Waals surface area contributed by atoms with Crippen LogP contribution in [0.2, 0.25) is 0 Å². The summed E-state index contributed by atoms with van der Waals surface area (Å²) in [5.74, 6) is 1.27. The van der Waals surface area contributed by atoms with E-state index in [2.05, 4.69) is 15.7 Å². The number of hydrogen-bond donors (Lipinski definition) is 2. The van der Waals surface area contributed by atoms with Crippen LogP contribution in [-0.2, 0) is 6.54 Å². The third-order valence-electron chi connectivity index (χ3n) is 4.64. The van der Waals surface area contributed by atoms with E-state index in [-0.39, 0.29) is 24.7 Å². The summed E-state index contributed by atoms with van der Waals surface area (Å²) in [6, 6.07) is 13.9. The summed E-state index contributed by atoms with van der Waals surface area (Å²) in [7, 11) is 3.15. The molecule has 3 rings (SSSR count). The van der Waals surface area contributed by atoms with Gasteiger partial charge in [0.1, 0.15) is 11.5 Å². The topological polar surface area (TPSA) is 94.5 Å². The fourth-order valence-electron chi connectivity index (χ4n) is 3.26. The molecule has 0 saturated heterocycles. The number of nitrogens with zero attached hydrogens (tertiary/aromatic N) is 2. The summed E-state index contributed by atoms with van der Waals surface area (Å²) in [4.78, 5) is 24.4. The van der Waals surface area contributed by atoms with Gasteiger partial charge in [0.25, 0.3) is 5.56 Å². The van der Waals surface area contributed by atoms with Crippen LogP contribution in [0.4, 0.5) is 10.5 Å². The third kappa shape index (κ3) is 5.63. The van der Waals surface area contributed by atoms with Crippen LogP contribution in [0.25, 0.3) is 11.3 Å². The molecular weight excluding hydrogens is 396 g/mol. The van der Waals surface area contributed by atoms with E-state index in [1.54, 1.807) is 38.5 Å². The van der Waals surface area contributed by atoms with Gasteiger partial charge in [-0.25, -0.2) is 9.48 Å². The smallest absolute Gasteiger partial charge is 0.319 e. The number of hydrogen-bond acceptors (Lipinski definition) is 5. The number of aromatic nitrogens is 2. The molecule has 0 spiro atoms. The highest BCUT2D eigenvalue weighted by molar-refractivity contribution is 5.89. The highest BCUT2D eigenvalue weighted by Gasteiger charge is 2.11. The Morgan fingerprint density at radius 3 is 2.42 bits per heavy atom. The summed E-state index contributed by atoms with van der Waals surface area (Å²) < 4.78 is 12.0. The molecule has 1 heterocycles. The van der Waals surface area contributed by atoms with Crippen molar-refractivity contribution in [3.63, 3.8) is 0 Å². The Balaban J connectivity index is 1.69. The Labute approximate surface area is 180 Å². The Morgan fingerprint density at radius 2 is 1.74 bits per heavy atom. The van der Waals surface area contributed by atoms with Gasteiger partial charge in [-0.3, -0.25) is 4.79 Å². The largest absolute Gasteiger partial charge is 0.497 e. The molecule has 2 aromatic carbocycles. The third-order valence-corrected chi connectivity index (χ3v) is 4.64. The number of benzene rings is 2. The zero-order valence-corrected chi connectivity index (χ0v) is 18.1. The van der Waals surface area contributed by atoms with Gasteiger partial charge in [-0.2, -0.15) is 5.10 Å². The van der Waals surface area contributed by atoms with Crippen molar-refractivity contribution in [1.82, 2.24) is 15.1 Å². The monoisotopic (exact) mass is 422 g/mol. The van der Waals surface area contributed by atoms with E-state index in [9.17, 15) is 9.59 Å². The van der Waals surface area contributed by atoms with Crippen LogP contribution >= 0.6 is 0 Å². The number of aryl methyl sites for hydroxylation is 2. The van der Waals surface area contributed by atoms with Crippen LogP contribution in [-0.4, -0.2) is 36.6 Å². The SMILES string of the molecule is COc1ccc(OC)c(-c2ccc(=O)n(CCNC(=O)Nc3cc(C)cc(C)c3)n2)c1. The summed E-state index contributed by atoms with van der Waals surface area (Å²) in [5, 5.41) is 9.98. The van der Waals surface area contributed by atoms with Crippen LogP contribution in [0.1, 0.15) is 11.1 Å². The molecule has 0 saturated carbocycles. The van der Waals surface area contributed by atoms with Gasteiger partial charge in [-0.1, -0.05) is 6.07 Å². The van der Waals surface area contributed by atoms with Crippen molar-refractivity contribution in [1.29, 1.82) is 0 Å². The van der Waals surface area contributed by atoms with E-state index in [4.69, 9.17) is 9.47 Å². The molecule has 8 nitrogen and oxygen atoms in total. The summed E-state index contributed by atoms with van der Waals surface area (Å²) in [6.45, 7) is 4.40. The number of carbonyl (C=O) groups is 1. The molecule has 2 N–H and O–H groups in total. The quantitative estimate of drug-likeness (QED) is 0.609. The van der Waals surface area contributed by atoms with Crippen molar-refractivity contribution in [2.45, 2.75) is 20.4 Å². The molecule has 0 aliphatic heterocycles. The zero-order valence-electron chi connectivity index (χ0n) is 18.1. The second kappa shape index (κ2) is 9.80. The Morgan fingerprint density at radius 1 is 1.00 bits per heavy atom. The average molecular weight is 422 g/mol. The minimum atomic E-state index is -0.344. The first kappa shape index (κ1) is 21.9. The molecule has 2 amide bonds. The first-order valence-corrected chi connectivity index (χ1v) is 9.83. The predicted molar refractivity (Wildman–Crippen MR) is 120 cm³/mol. The number of methoxy groups -OCH3 is 2. The van der Waals surface area contributed by atoms with Gasteiger partial charge in [-0.15, -0.1) is 0 Å². The molecule has 1 aromatic heterocycles. The zero-order chi connectivity index (χ0) is 22.4. The molecule has 0 unspecified atom stereocenters. The Hall–Kier alpha value is -3.81. The van der Waals surface area contributed by atoms with Gasteiger partial charge in [0.05, 0.1) is 26.5 Å². The lowest BCUT2D eigenvalue weighted by atomic mass is 10.1. The highest BCUT2D eigenvalue weighted by atomic mass is 16.5. The van der Waals surface area contributed by atoms with Crippen molar-refractivity contribution < 1.29 is 14.3 Å². The second-order valence-corrected chi connectivity index (χ2v) is 7.10. The lowest BCUT2D eigenvalue weighted by Crippen LogP contribution is -2.34. The molecule has 3 aromatic rings. The molecule has 0 radical (unpaired) electrons. The van der Waals surface area contributed by atoms with Crippen LogP contribution < -0.4 is 25.7 Å². The van der Waals surface area contributed by atoms with Crippen LogP contribution in [0.5, 0.6) is 11.5 Å². The summed E-state index contributed by atoms with van der Waals surface area (Å²) in [5.41, 5.74) is 3.86. The highest BCUT2D eigenvalue weighted by Crippen LogP contribution is 2.31. The van der Waals surface area contributed by atoms with E-state index in [1.165, 1.54) is 10.7 Å². The van der Waals surface area contributed by atoms with Gasteiger partial charge in [0, 0.05) is 23.9 Å². The minimum Gasteiger partial charge on any atom is -0.497 e. The van der Waals surface area contributed by atoms with E-state index in [1.807, 2.05) is 32.0 Å². The summed E-state index contributed by atoms with van der Waals surface area (Å²) in [6.07, 6.45) is 0. The lowest BCUT2D eigenvalue weighted by Gasteiger charge is -2.12. The van der Waals surface area contributed by atoms with E-state index in [0.717, 1.165) is 16.8 Å². The molecule has 0 atom stereocenters. The fourth-order valence-corrected chi connectivity index (χ4v) is 3.26. The van der Waals surface area contributed by atoms with E-state index in [0.29, 0.717) is 22.8 Å². The number of rotatable bonds is 7. The van der Waals surface area contributed by atoms with Crippen molar-refractivity contribution in [3.05, 3.63) is 70.0 Å². The Kier molecular flexibility index (Phi) is 6.92. The molecular formula is C23H26N4O4. The Bertz CT molecular complexity index is 1120. The number of anilines is 1. The van der Waals surface area contributed by atoms with Crippen molar-refractivity contribution in [3.8, 4) is 22.8 Å². The predicted octanol–water partition coefficient (Wildman–Crippen LogP) is 3.37. The van der Waals surface area contributed by atoms with Gasteiger partial charge >= 0.3 is 6.03 Å². The number of carbonyl (C=O) groups excluding carboxylic acids is 1. The second-order valence-electron chi connectivity index (χ2n) is 7.10. The molecule has 31 heavy (non-hydrogen) atoms. The van der Waals surface area contributed by atoms with E-state index < -0.39 is 0 Å². The first-order chi connectivity index (χ1) is 14.9. The van der Waals surface area contributed by atoms with Gasteiger partial charge < -0.3 is 20.1 Å². The van der Waals surface area contributed by atoms with Crippen LogP contribution in [0.15, 0.2) is 53.3 Å². The van der Waals surface area contributed by atoms with Crippen molar-refractivity contribution in [2.24, 2.45) is 0 Å². The number of urea groups is 1. The molecule has 0 fully saturated rings. The van der Waals surface area contributed by atoms with Crippen molar-refractivity contribution >= 4 is 11.7 Å². The van der Waals surface area contributed by atoms with Crippen molar-refractivity contribution in [2.75, 3.05) is 26.1 Å². The standard InChI is InChI=1S/C23H26N4O4/c1-15-11-16(2)13-17(12-15)25-23(29)24-9-10-27-22(28)8-6-20(26-27)19-14-18(30-3)5-7-21(19)31-4/h5-8,11-14H,9-10H2,1-4H3,(H2,24,25,29). The average Bonchev–Trinajstić information content (AvgIpc) is 2.73. The fraction of sp³-hybridized carbons (Fsp3) is 0.261. The first-order valence-electron chi connectivity index (χ1n) is 9.83. The molecule has 8 heteroatoms. The summed E-state index contributed by atoms with van der Waals surface area (Å²) >= 11 is 0. The van der Waals surface area contributed by atoms with Gasteiger partial charge in [0.15, 0.2) is 0 Å². The van der Waals surface area contributed by atoms with Gasteiger partial charge in [-0.05, 0) is 61.4 Å². The maximum Gasteiger partial charge on any atom is 0.319 e. The minimum absolute atomic E-state index is 0.221. The normalized spacial score (nSPS) is 10.5. The lowest BCUT2D eigenvalue weighted by molar-refractivity contribution is 0.251. The number of amides is 2. The molecule has 0 aliphatic carbocycles. The number of nitrogens with one attached hydrogen (secondary N) is 2. The maximum atomic E-state index is 12.2. The van der Waals surface area contributed by atoms with E-state index >= 15 is 0 Å². The maximum absolute atomic E-state index is 12.2. The van der Waals surface area contributed by atoms with Crippen LogP contribution in [0.3, 0.4) is 0 Å². The van der Waals surface area contributed by atoms with Crippen LogP contribution in [0, 0.1) is 13.8 Å². The van der Waals surface area contributed by atoms with Gasteiger partial charge in [0.2, 0.25) is 0 Å².